The number of non-ortho nitro benzene ring substituents is 1. The molecular formula is C13H14ClN3O3. The topological polar surface area (TPSA) is 88.2 Å². The number of rotatable bonds is 6. The second-order valence-corrected chi connectivity index (χ2v) is 5.18. The number of ether oxygens (including phenoxy) is 1. The zero-order valence-electron chi connectivity index (χ0n) is 10.9. The van der Waals surface area contributed by atoms with Gasteiger partial charge in [0.2, 0.25) is 0 Å². The van der Waals surface area contributed by atoms with E-state index in [1.54, 1.807) is 7.05 Å². The van der Waals surface area contributed by atoms with Gasteiger partial charge in [0.15, 0.2) is 0 Å². The van der Waals surface area contributed by atoms with Crippen molar-refractivity contribution in [3.05, 3.63) is 33.3 Å². The van der Waals surface area contributed by atoms with E-state index in [-0.39, 0.29) is 29.0 Å². The van der Waals surface area contributed by atoms with E-state index >= 15 is 0 Å². The second kappa shape index (κ2) is 5.65. The van der Waals surface area contributed by atoms with Crippen LogP contribution in [0.2, 0.25) is 5.02 Å². The lowest BCUT2D eigenvalue weighted by Gasteiger charge is -2.26. The van der Waals surface area contributed by atoms with Crippen molar-refractivity contribution in [1.29, 1.82) is 5.26 Å². The van der Waals surface area contributed by atoms with Crippen LogP contribution in [-0.4, -0.2) is 24.1 Å². The lowest BCUT2D eigenvalue weighted by molar-refractivity contribution is -0.384. The molecule has 0 heterocycles. The molecule has 1 aromatic carbocycles. The zero-order chi connectivity index (χ0) is 14.8. The molecule has 0 bridgehead atoms. The Hall–Kier alpha value is -1.84. The molecule has 0 radical (unpaired) electrons. The van der Waals surface area contributed by atoms with Crippen LogP contribution in [0.25, 0.3) is 0 Å². The van der Waals surface area contributed by atoms with Crippen molar-refractivity contribution < 1.29 is 9.66 Å². The number of hydrogen-bond acceptors (Lipinski definition) is 5. The molecule has 1 fully saturated rings. The summed E-state index contributed by atoms with van der Waals surface area (Å²) in [6.07, 6.45) is 1.95. The minimum Gasteiger partial charge on any atom is -0.489 e. The van der Waals surface area contributed by atoms with Gasteiger partial charge in [-0.1, -0.05) is 11.6 Å². The number of likely N-dealkylation sites (N-methyl/N-ethyl adjacent to an activating group) is 1. The first-order chi connectivity index (χ1) is 9.52. The first kappa shape index (κ1) is 14.6. The number of nitrogens with one attached hydrogen (secondary N) is 1. The molecular weight excluding hydrogens is 282 g/mol. The van der Waals surface area contributed by atoms with Crippen LogP contribution in [-0.2, 0) is 0 Å². The second-order valence-electron chi connectivity index (χ2n) is 4.77. The third-order valence-electron chi connectivity index (χ3n) is 3.50. The molecule has 1 N–H and O–H groups in total. The fourth-order valence-corrected chi connectivity index (χ4v) is 2.23. The minimum atomic E-state index is -0.770. The molecule has 1 aliphatic carbocycles. The Morgan fingerprint density at radius 3 is 2.85 bits per heavy atom. The summed E-state index contributed by atoms with van der Waals surface area (Å²) in [6.45, 7) is 0.103. The van der Waals surface area contributed by atoms with E-state index < -0.39 is 10.5 Å². The molecule has 1 atom stereocenters. The molecule has 1 aliphatic rings. The predicted molar refractivity (Wildman–Crippen MR) is 73.7 cm³/mol. The molecule has 1 saturated carbocycles. The van der Waals surface area contributed by atoms with Crippen LogP contribution in [0.15, 0.2) is 18.2 Å². The van der Waals surface area contributed by atoms with Gasteiger partial charge in [0.1, 0.15) is 17.9 Å². The van der Waals surface area contributed by atoms with E-state index in [2.05, 4.69) is 11.4 Å². The van der Waals surface area contributed by atoms with Crippen LogP contribution in [0.3, 0.4) is 0 Å². The van der Waals surface area contributed by atoms with E-state index in [1.165, 1.54) is 18.2 Å². The first-order valence-electron chi connectivity index (χ1n) is 6.19. The van der Waals surface area contributed by atoms with Gasteiger partial charge in [0.05, 0.1) is 22.1 Å². The molecule has 0 aromatic heterocycles. The van der Waals surface area contributed by atoms with Crippen molar-refractivity contribution in [2.45, 2.75) is 18.4 Å². The average Bonchev–Trinajstić information content (AvgIpc) is 3.27. The fraction of sp³-hybridized carbons (Fsp3) is 0.462. The highest BCUT2D eigenvalue weighted by atomic mass is 35.5. The van der Waals surface area contributed by atoms with Gasteiger partial charge in [-0.05, 0) is 31.9 Å². The molecule has 0 spiro atoms. The Morgan fingerprint density at radius 1 is 1.65 bits per heavy atom. The standard InChI is InChI=1S/C13H14ClN3O3/c1-16-13(7-15,9-2-3-9)8-20-12-6-10(17(18)19)4-5-11(12)14/h4-6,9,16H,2-3,8H2,1H3. The molecule has 20 heavy (non-hydrogen) atoms. The third-order valence-corrected chi connectivity index (χ3v) is 3.81. The molecule has 1 aromatic rings. The van der Waals surface area contributed by atoms with Crippen molar-refractivity contribution in [1.82, 2.24) is 5.32 Å². The number of nitro groups is 1. The molecule has 0 saturated heterocycles. The first-order valence-corrected chi connectivity index (χ1v) is 6.57. The van der Waals surface area contributed by atoms with Crippen molar-refractivity contribution in [3.8, 4) is 11.8 Å². The Morgan fingerprint density at radius 2 is 2.35 bits per heavy atom. The maximum absolute atomic E-state index is 10.7. The summed E-state index contributed by atoms with van der Waals surface area (Å²) in [4.78, 5) is 10.2. The van der Waals surface area contributed by atoms with Crippen molar-refractivity contribution in [2.75, 3.05) is 13.7 Å². The molecule has 7 heteroatoms. The quantitative estimate of drug-likeness (QED) is 0.643. The summed E-state index contributed by atoms with van der Waals surface area (Å²) in [5.74, 6) is 0.464. The lowest BCUT2D eigenvalue weighted by atomic mass is 9.96. The summed E-state index contributed by atoms with van der Waals surface area (Å²) in [5, 5.41) is 23.4. The summed E-state index contributed by atoms with van der Waals surface area (Å²) < 4.78 is 5.55. The number of nitriles is 1. The highest BCUT2D eigenvalue weighted by Gasteiger charge is 2.45. The maximum Gasteiger partial charge on any atom is 0.273 e. The van der Waals surface area contributed by atoms with Crippen molar-refractivity contribution >= 4 is 17.3 Å². The lowest BCUT2D eigenvalue weighted by Crippen LogP contribution is -2.49. The molecule has 1 unspecified atom stereocenters. The smallest absolute Gasteiger partial charge is 0.273 e. The number of nitrogens with zero attached hydrogens (tertiary/aromatic N) is 2. The van der Waals surface area contributed by atoms with Gasteiger partial charge < -0.3 is 4.74 Å². The van der Waals surface area contributed by atoms with Crippen molar-refractivity contribution in [3.63, 3.8) is 0 Å². The Kier molecular flexibility index (Phi) is 4.12. The Balaban J connectivity index is 2.16. The maximum atomic E-state index is 10.7. The third kappa shape index (κ3) is 2.84. The molecule has 2 rings (SSSR count). The van der Waals surface area contributed by atoms with Gasteiger partial charge in [-0.15, -0.1) is 0 Å². The van der Waals surface area contributed by atoms with Crippen LogP contribution < -0.4 is 10.1 Å². The highest BCUT2D eigenvalue weighted by Crippen LogP contribution is 2.40. The minimum absolute atomic E-state index is 0.0946. The molecule has 106 valence electrons. The Labute approximate surface area is 121 Å². The van der Waals surface area contributed by atoms with Crippen LogP contribution in [0.5, 0.6) is 5.75 Å². The average molecular weight is 296 g/mol. The Bertz CT molecular complexity index is 568. The van der Waals surface area contributed by atoms with Crippen LogP contribution in [0.1, 0.15) is 12.8 Å². The number of halogens is 1. The van der Waals surface area contributed by atoms with Gasteiger partial charge in [0.25, 0.3) is 5.69 Å². The van der Waals surface area contributed by atoms with E-state index in [4.69, 9.17) is 16.3 Å². The SMILES string of the molecule is CNC(C#N)(COc1cc([N+](=O)[O-])ccc1Cl)C1CC1. The largest absolute Gasteiger partial charge is 0.489 e. The van der Waals surface area contributed by atoms with Gasteiger partial charge >= 0.3 is 0 Å². The van der Waals surface area contributed by atoms with E-state index in [1.807, 2.05) is 0 Å². The number of benzene rings is 1. The van der Waals surface area contributed by atoms with Gasteiger partial charge in [0, 0.05) is 6.07 Å². The summed E-state index contributed by atoms with van der Waals surface area (Å²) >= 11 is 5.96. The molecule has 0 aliphatic heterocycles. The summed E-state index contributed by atoms with van der Waals surface area (Å²) in [6, 6.07) is 6.24. The van der Waals surface area contributed by atoms with E-state index in [0.29, 0.717) is 0 Å². The molecule has 6 nitrogen and oxygen atoms in total. The zero-order valence-corrected chi connectivity index (χ0v) is 11.7. The van der Waals surface area contributed by atoms with E-state index in [9.17, 15) is 15.4 Å². The van der Waals surface area contributed by atoms with E-state index in [0.717, 1.165) is 12.8 Å². The summed E-state index contributed by atoms with van der Waals surface area (Å²) in [7, 11) is 1.71. The van der Waals surface area contributed by atoms with Crippen molar-refractivity contribution in [2.24, 2.45) is 5.92 Å². The monoisotopic (exact) mass is 295 g/mol. The van der Waals surface area contributed by atoms with Gasteiger partial charge in [-0.25, -0.2) is 0 Å². The highest BCUT2D eigenvalue weighted by molar-refractivity contribution is 6.32. The summed E-state index contributed by atoms with van der Waals surface area (Å²) in [5.41, 5.74) is -0.864. The normalized spacial score (nSPS) is 17.1. The van der Waals surface area contributed by atoms with Crippen LogP contribution in [0.4, 0.5) is 5.69 Å². The fourth-order valence-electron chi connectivity index (χ4n) is 2.06. The number of nitro benzene ring substituents is 1. The number of hydrogen-bond donors (Lipinski definition) is 1. The van der Waals surface area contributed by atoms with Gasteiger partial charge in [-0.2, -0.15) is 5.26 Å². The van der Waals surface area contributed by atoms with Crippen LogP contribution in [0, 0.1) is 27.4 Å². The van der Waals surface area contributed by atoms with Gasteiger partial charge in [-0.3, -0.25) is 15.4 Å². The molecule has 0 amide bonds. The predicted octanol–water partition coefficient (Wildman–Crippen LogP) is 2.52. The van der Waals surface area contributed by atoms with Crippen LogP contribution >= 0.6 is 11.6 Å².